The zero-order valence-corrected chi connectivity index (χ0v) is 16.1. The fourth-order valence-electron chi connectivity index (χ4n) is 2.91. The largest absolute Gasteiger partial charge is 0.329 e. The Morgan fingerprint density at radius 3 is 2.65 bits per heavy atom. The van der Waals surface area contributed by atoms with Crippen molar-refractivity contribution >= 4 is 38.6 Å². The maximum Gasteiger partial charge on any atom is 0.265 e. The molecule has 0 aliphatic rings. The average Bonchev–Trinajstić information content (AvgIpc) is 2.90. The number of sulfonamides is 1. The molecule has 0 saturated heterocycles. The third-order valence-electron chi connectivity index (χ3n) is 4.25. The topological polar surface area (TPSA) is 81.1 Å². The van der Waals surface area contributed by atoms with Gasteiger partial charge in [-0.2, -0.15) is 0 Å². The van der Waals surface area contributed by atoms with Gasteiger partial charge in [0.15, 0.2) is 0 Å². The van der Waals surface area contributed by atoms with Gasteiger partial charge in [0.05, 0.1) is 15.9 Å². The Balaban J connectivity index is 1.94. The van der Waals surface area contributed by atoms with E-state index in [1.54, 1.807) is 31.2 Å². The molecule has 1 heterocycles. The first-order valence-corrected chi connectivity index (χ1v) is 9.90. The Morgan fingerprint density at radius 1 is 1.23 bits per heavy atom. The van der Waals surface area contributed by atoms with Crippen LogP contribution in [0.5, 0.6) is 0 Å². The third kappa shape index (κ3) is 3.20. The van der Waals surface area contributed by atoms with Crippen molar-refractivity contribution in [2.45, 2.75) is 32.2 Å². The number of halogens is 1. The summed E-state index contributed by atoms with van der Waals surface area (Å²) in [5, 5.41) is 0.322. The van der Waals surface area contributed by atoms with Gasteiger partial charge in [0.25, 0.3) is 15.9 Å². The lowest BCUT2D eigenvalue weighted by atomic mass is 10.2. The Kier molecular flexibility index (Phi) is 4.77. The van der Waals surface area contributed by atoms with E-state index in [-0.39, 0.29) is 10.5 Å². The number of aryl methyl sites for hydroxylation is 2. The fraction of sp³-hybridized carbons (Fsp3) is 0.222. The van der Waals surface area contributed by atoms with Crippen LogP contribution in [0.25, 0.3) is 11.0 Å². The first kappa shape index (κ1) is 18.4. The first-order valence-electron chi connectivity index (χ1n) is 8.03. The maximum absolute atomic E-state index is 12.5. The number of hydrogen-bond donors (Lipinski definition) is 1. The predicted octanol–water partition coefficient (Wildman–Crippen LogP) is 3.45. The summed E-state index contributed by atoms with van der Waals surface area (Å²) in [6.07, 6.45) is 0. The Morgan fingerprint density at radius 2 is 1.96 bits per heavy atom. The minimum Gasteiger partial charge on any atom is -0.329 e. The van der Waals surface area contributed by atoms with Crippen molar-refractivity contribution in [1.29, 1.82) is 0 Å². The van der Waals surface area contributed by atoms with Crippen molar-refractivity contribution in [3.05, 3.63) is 58.4 Å². The van der Waals surface area contributed by atoms with Crippen molar-refractivity contribution in [3.63, 3.8) is 0 Å². The second-order valence-corrected chi connectivity index (χ2v) is 7.96. The van der Waals surface area contributed by atoms with Crippen LogP contribution in [0.1, 0.15) is 28.7 Å². The van der Waals surface area contributed by atoms with E-state index in [0.717, 1.165) is 17.9 Å². The molecule has 3 aromatic rings. The van der Waals surface area contributed by atoms with Crippen molar-refractivity contribution in [3.8, 4) is 0 Å². The van der Waals surface area contributed by atoms with Gasteiger partial charge in [-0.05, 0) is 56.7 Å². The first-order chi connectivity index (χ1) is 12.2. The average molecular weight is 392 g/mol. The van der Waals surface area contributed by atoms with Gasteiger partial charge < -0.3 is 4.57 Å². The maximum atomic E-state index is 12.5. The molecule has 1 aromatic heterocycles. The molecule has 136 valence electrons. The quantitative estimate of drug-likeness (QED) is 0.738. The molecular formula is C18H18ClN3O3S. The zero-order chi connectivity index (χ0) is 19.1. The number of hydrogen-bond acceptors (Lipinski definition) is 4. The lowest BCUT2D eigenvalue weighted by Crippen LogP contribution is -2.31. The van der Waals surface area contributed by atoms with Crippen molar-refractivity contribution in [1.82, 2.24) is 14.3 Å². The molecule has 0 saturated carbocycles. The monoisotopic (exact) mass is 391 g/mol. The molecule has 6 nitrogen and oxygen atoms in total. The van der Waals surface area contributed by atoms with Crippen LogP contribution in [-0.4, -0.2) is 23.9 Å². The molecule has 26 heavy (non-hydrogen) atoms. The number of nitrogens with zero attached hydrogens (tertiary/aromatic N) is 2. The molecule has 0 aliphatic heterocycles. The molecule has 0 spiro atoms. The highest BCUT2D eigenvalue weighted by atomic mass is 35.5. The minimum absolute atomic E-state index is 0.0227. The molecule has 0 atom stereocenters. The molecule has 1 N–H and O–H groups in total. The molecule has 0 fully saturated rings. The number of benzene rings is 2. The number of fused-ring (bicyclic) bond motifs is 1. The summed E-state index contributed by atoms with van der Waals surface area (Å²) in [4.78, 5) is 16.9. The standard InChI is InChI=1S/C18H18ClN3O3S/c1-4-22-12(3)20-15-10-13(8-9-16(15)22)18(23)21-26(24,25)17-7-5-6-14(19)11(17)2/h5-10H,4H2,1-3H3,(H,21,23). The van der Waals surface area contributed by atoms with E-state index >= 15 is 0 Å². The fourth-order valence-corrected chi connectivity index (χ4v) is 4.38. The van der Waals surface area contributed by atoms with Gasteiger partial charge in [-0.25, -0.2) is 18.1 Å². The zero-order valence-electron chi connectivity index (χ0n) is 14.6. The highest BCUT2D eigenvalue weighted by Crippen LogP contribution is 2.23. The van der Waals surface area contributed by atoms with Gasteiger partial charge in [0, 0.05) is 17.1 Å². The van der Waals surface area contributed by atoms with Gasteiger partial charge in [0.1, 0.15) is 5.82 Å². The van der Waals surface area contributed by atoms with E-state index in [9.17, 15) is 13.2 Å². The Bertz CT molecular complexity index is 1120. The van der Waals surface area contributed by atoms with Crippen LogP contribution < -0.4 is 4.72 Å². The van der Waals surface area contributed by atoms with E-state index < -0.39 is 15.9 Å². The smallest absolute Gasteiger partial charge is 0.265 e. The van der Waals surface area contributed by atoms with Crippen LogP contribution in [0.3, 0.4) is 0 Å². The minimum atomic E-state index is -4.03. The molecule has 0 radical (unpaired) electrons. The van der Waals surface area contributed by atoms with Crippen molar-refractivity contribution in [2.24, 2.45) is 0 Å². The highest BCUT2D eigenvalue weighted by Gasteiger charge is 2.22. The number of amides is 1. The second kappa shape index (κ2) is 6.74. The highest BCUT2D eigenvalue weighted by molar-refractivity contribution is 7.90. The summed E-state index contributed by atoms with van der Waals surface area (Å²) >= 11 is 5.98. The number of nitrogens with one attached hydrogen (secondary N) is 1. The van der Waals surface area contributed by atoms with Crippen molar-refractivity contribution < 1.29 is 13.2 Å². The Hall–Kier alpha value is -2.38. The molecule has 2 aromatic carbocycles. The molecule has 0 bridgehead atoms. The number of carbonyl (C=O) groups excluding carboxylic acids is 1. The molecule has 3 rings (SSSR count). The summed E-state index contributed by atoms with van der Waals surface area (Å²) in [5.74, 6) is 0.122. The molecule has 8 heteroatoms. The summed E-state index contributed by atoms with van der Waals surface area (Å²) in [5.41, 5.74) is 2.16. The Labute approximate surface area is 156 Å². The number of imidazole rings is 1. The molecule has 0 aliphatic carbocycles. The summed E-state index contributed by atoms with van der Waals surface area (Å²) in [7, 11) is -4.03. The van der Waals surface area contributed by atoms with Crippen LogP contribution in [0, 0.1) is 13.8 Å². The van der Waals surface area contributed by atoms with E-state index in [0.29, 0.717) is 16.1 Å². The van der Waals surface area contributed by atoms with Gasteiger partial charge in [-0.1, -0.05) is 17.7 Å². The lowest BCUT2D eigenvalue weighted by molar-refractivity contribution is 0.0981. The van der Waals surface area contributed by atoms with Crippen LogP contribution in [0.15, 0.2) is 41.3 Å². The van der Waals surface area contributed by atoms with Gasteiger partial charge in [-0.3, -0.25) is 4.79 Å². The molecular weight excluding hydrogens is 374 g/mol. The van der Waals surface area contributed by atoms with E-state index in [1.807, 2.05) is 18.4 Å². The van der Waals surface area contributed by atoms with Gasteiger partial charge >= 0.3 is 0 Å². The van der Waals surface area contributed by atoms with Crippen LogP contribution in [0.4, 0.5) is 0 Å². The van der Waals surface area contributed by atoms with Gasteiger partial charge in [0.2, 0.25) is 0 Å². The van der Waals surface area contributed by atoms with Crippen LogP contribution in [0.2, 0.25) is 5.02 Å². The number of carbonyl (C=O) groups is 1. The predicted molar refractivity (Wildman–Crippen MR) is 101 cm³/mol. The van der Waals surface area contributed by atoms with Gasteiger partial charge in [-0.15, -0.1) is 0 Å². The lowest BCUT2D eigenvalue weighted by Gasteiger charge is -2.10. The van der Waals surface area contributed by atoms with E-state index in [4.69, 9.17) is 11.6 Å². The van der Waals surface area contributed by atoms with Crippen molar-refractivity contribution in [2.75, 3.05) is 0 Å². The van der Waals surface area contributed by atoms with Crippen LogP contribution in [-0.2, 0) is 16.6 Å². The van der Waals surface area contributed by atoms with E-state index in [1.165, 1.54) is 12.1 Å². The van der Waals surface area contributed by atoms with Crippen LogP contribution >= 0.6 is 11.6 Å². The summed E-state index contributed by atoms with van der Waals surface area (Å²) in [6.45, 7) is 6.24. The molecule has 1 amide bonds. The second-order valence-electron chi connectivity index (χ2n) is 5.90. The summed E-state index contributed by atoms with van der Waals surface area (Å²) < 4.78 is 29.2. The number of aromatic nitrogens is 2. The number of rotatable bonds is 4. The normalized spacial score (nSPS) is 11.7. The summed E-state index contributed by atoms with van der Waals surface area (Å²) in [6, 6.07) is 9.48. The molecule has 0 unspecified atom stereocenters. The SMILES string of the molecule is CCn1c(C)nc2cc(C(=O)NS(=O)(=O)c3cccc(Cl)c3C)ccc21. The van der Waals surface area contributed by atoms with E-state index in [2.05, 4.69) is 9.71 Å². The third-order valence-corrected chi connectivity index (χ3v) is 6.14.